The number of halogens is 1. The summed E-state index contributed by atoms with van der Waals surface area (Å²) in [5, 5.41) is 9.13. The lowest BCUT2D eigenvalue weighted by atomic mass is 9.86. The molecule has 29 heavy (non-hydrogen) atoms. The molecule has 3 amide bonds. The number of urea groups is 1. The Hall–Kier alpha value is -2.87. The zero-order valence-electron chi connectivity index (χ0n) is 16.2. The first kappa shape index (κ1) is 19.4. The summed E-state index contributed by atoms with van der Waals surface area (Å²) >= 11 is 0. The van der Waals surface area contributed by atoms with Crippen molar-refractivity contribution in [3.8, 4) is 0 Å². The lowest BCUT2D eigenvalue weighted by Gasteiger charge is -2.26. The van der Waals surface area contributed by atoms with Gasteiger partial charge in [0, 0.05) is 41.8 Å². The molecule has 8 heteroatoms. The van der Waals surface area contributed by atoms with Crippen LogP contribution in [0, 0.1) is 11.7 Å². The van der Waals surface area contributed by atoms with Gasteiger partial charge in [-0.05, 0) is 61.8 Å². The fourth-order valence-electron chi connectivity index (χ4n) is 4.17. The molecule has 0 saturated heterocycles. The van der Waals surface area contributed by atoms with E-state index in [2.05, 4.69) is 20.9 Å². The summed E-state index contributed by atoms with van der Waals surface area (Å²) in [5.41, 5.74) is 8.39. The first-order valence-electron chi connectivity index (χ1n) is 10.1. The molecule has 2 aromatic rings. The largest absolute Gasteiger partial charge is 0.350 e. The zero-order valence-corrected chi connectivity index (χ0v) is 16.2. The zero-order chi connectivity index (χ0) is 20.4. The van der Waals surface area contributed by atoms with Crippen LogP contribution in [0.4, 0.5) is 9.18 Å². The first-order chi connectivity index (χ1) is 14.0. The second-order valence-electron chi connectivity index (χ2n) is 7.88. The number of nitrogens with one attached hydrogen (secondary N) is 4. The summed E-state index contributed by atoms with van der Waals surface area (Å²) in [6, 6.07) is 4.37. The van der Waals surface area contributed by atoms with E-state index < -0.39 is 0 Å². The number of carbonyl (C=O) groups excluding carboxylic acids is 2. The molecule has 154 valence electrons. The van der Waals surface area contributed by atoms with E-state index in [0.29, 0.717) is 47.6 Å². The molecule has 7 nitrogen and oxygen atoms in total. The van der Waals surface area contributed by atoms with Gasteiger partial charge in [-0.1, -0.05) is 0 Å². The summed E-state index contributed by atoms with van der Waals surface area (Å²) in [7, 11) is 0. The van der Waals surface area contributed by atoms with Crippen molar-refractivity contribution in [1.29, 1.82) is 0 Å². The molecule has 4 rings (SSSR count). The van der Waals surface area contributed by atoms with Crippen molar-refractivity contribution in [2.75, 3.05) is 13.1 Å². The number of amides is 3. The van der Waals surface area contributed by atoms with Crippen molar-refractivity contribution in [2.24, 2.45) is 11.7 Å². The molecule has 1 aliphatic carbocycles. The molecule has 2 heterocycles. The summed E-state index contributed by atoms with van der Waals surface area (Å²) in [6.07, 6.45) is 6.20. The Kier molecular flexibility index (Phi) is 5.53. The van der Waals surface area contributed by atoms with Gasteiger partial charge in [0.15, 0.2) is 0 Å². The van der Waals surface area contributed by atoms with Crippen molar-refractivity contribution < 1.29 is 14.0 Å². The lowest BCUT2D eigenvalue weighted by molar-refractivity contribution is 0.0952. The normalized spacial score (nSPS) is 23.4. The van der Waals surface area contributed by atoms with Crippen LogP contribution in [-0.4, -0.2) is 36.1 Å². The highest BCUT2D eigenvalue weighted by Crippen LogP contribution is 2.32. The van der Waals surface area contributed by atoms with Gasteiger partial charge in [-0.2, -0.15) is 0 Å². The van der Waals surface area contributed by atoms with Crippen molar-refractivity contribution in [1.82, 2.24) is 20.9 Å². The number of fused-ring (bicyclic) bond motifs is 3. The number of rotatable bonds is 3. The van der Waals surface area contributed by atoms with E-state index in [1.54, 1.807) is 12.3 Å². The third kappa shape index (κ3) is 4.27. The second-order valence-corrected chi connectivity index (χ2v) is 7.88. The summed E-state index contributed by atoms with van der Waals surface area (Å²) in [6.45, 7) is 1.06. The SMILES string of the molecule is NC1CCC(CNC(=O)N/C=C2\CCNC(=O)c3[nH]c4ccc(F)cc4c32)CC1. The number of H-pyrrole nitrogens is 1. The molecule has 1 aliphatic heterocycles. The highest BCUT2D eigenvalue weighted by molar-refractivity contribution is 6.07. The fourth-order valence-corrected chi connectivity index (χ4v) is 4.17. The van der Waals surface area contributed by atoms with E-state index in [-0.39, 0.29) is 23.8 Å². The van der Waals surface area contributed by atoms with Crippen LogP contribution in [0.25, 0.3) is 16.5 Å². The lowest BCUT2D eigenvalue weighted by Crippen LogP contribution is -2.38. The minimum atomic E-state index is -0.374. The predicted octanol–water partition coefficient (Wildman–Crippen LogP) is 2.60. The molecule has 1 saturated carbocycles. The van der Waals surface area contributed by atoms with Crippen LogP contribution in [0.2, 0.25) is 0 Å². The quantitative estimate of drug-likeness (QED) is 0.547. The number of hydrogen-bond acceptors (Lipinski definition) is 3. The Labute approximate surface area is 168 Å². The highest BCUT2D eigenvalue weighted by atomic mass is 19.1. The number of nitrogens with two attached hydrogens (primary N) is 1. The Morgan fingerprint density at radius 2 is 2.07 bits per heavy atom. The van der Waals surface area contributed by atoms with Gasteiger partial charge in [0.05, 0.1) is 0 Å². The maximum absolute atomic E-state index is 13.8. The van der Waals surface area contributed by atoms with Crippen molar-refractivity contribution in [3.05, 3.63) is 41.5 Å². The number of aromatic amines is 1. The van der Waals surface area contributed by atoms with Gasteiger partial charge in [0.25, 0.3) is 5.91 Å². The van der Waals surface area contributed by atoms with E-state index >= 15 is 0 Å². The van der Waals surface area contributed by atoms with Gasteiger partial charge >= 0.3 is 6.03 Å². The molecular weight excluding hydrogens is 373 g/mol. The van der Waals surface area contributed by atoms with Crippen molar-refractivity contribution in [3.63, 3.8) is 0 Å². The van der Waals surface area contributed by atoms with E-state index in [1.807, 2.05) is 0 Å². The second kappa shape index (κ2) is 8.24. The summed E-state index contributed by atoms with van der Waals surface area (Å²) in [5.74, 6) is -0.155. The number of carbonyl (C=O) groups is 2. The van der Waals surface area contributed by atoms with Gasteiger partial charge in [-0.15, -0.1) is 0 Å². The topological polar surface area (TPSA) is 112 Å². The number of hydrogen-bond donors (Lipinski definition) is 5. The van der Waals surface area contributed by atoms with Gasteiger partial charge in [0.2, 0.25) is 0 Å². The molecule has 1 aromatic carbocycles. The molecule has 0 unspecified atom stereocenters. The van der Waals surface area contributed by atoms with Gasteiger partial charge in [-0.3, -0.25) is 4.79 Å². The molecule has 6 N–H and O–H groups in total. The molecule has 0 radical (unpaired) electrons. The van der Waals surface area contributed by atoms with Crippen LogP contribution >= 0.6 is 0 Å². The third-order valence-corrected chi connectivity index (χ3v) is 5.81. The van der Waals surface area contributed by atoms with Gasteiger partial charge in [0.1, 0.15) is 11.5 Å². The van der Waals surface area contributed by atoms with Gasteiger partial charge < -0.3 is 26.7 Å². The Balaban J connectivity index is 1.49. The minimum Gasteiger partial charge on any atom is -0.350 e. The average molecular weight is 399 g/mol. The van der Waals surface area contributed by atoms with E-state index in [4.69, 9.17) is 5.73 Å². The Bertz CT molecular complexity index is 959. The smallest absolute Gasteiger partial charge is 0.318 e. The maximum atomic E-state index is 13.8. The maximum Gasteiger partial charge on any atom is 0.318 e. The van der Waals surface area contributed by atoms with Crippen LogP contribution in [0.5, 0.6) is 0 Å². The molecule has 0 bridgehead atoms. The molecular formula is C21H26FN5O2. The molecule has 0 spiro atoms. The fraction of sp³-hybridized carbons (Fsp3) is 0.429. The van der Waals surface area contributed by atoms with Crippen LogP contribution < -0.4 is 21.7 Å². The Morgan fingerprint density at radius 1 is 1.28 bits per heavy atom. The van der Waals surface area contributed by atoms with Crippen LogP contribution in [0.1, 0.15) is 48.2 Å². The summed E-state index contributed by atoms with van der Waals surface area (Å²) in [4.78, 5) is 27.7. The number of benzene rings is 1. The van der Waals surface area contributed by atoms with E-state index in [9.17, 15) is 14.0 Å². The van der Waals surface area contributed by atoms with Crippen LogP contribution in [0.3, 0.4) is 0 Å². The first-order valence-corrected chi connectivity index (χ1v) is 10.1. The number of aromatic nitrogens is 1. The van der Waals surface area contributed by atoms with Crippen LogP contribution in [-0.2, 0) is 0 Å². The standard InChI is InChI=1S/C21H26FN5O2/c22-14-3-6-17-16(9-14)18-13(7-8-24-20(28)19(18)27-17)11-26-21(29)25-10-12-1-4-15(23)5-2-12/h3,6,9,11-12,15,27H,1-2,4-5,7-8,10,23H2,(H,24,28)(H2,25,26,29)/b13-11+. The molecule has 0 atom stereocenters. The monoisotopic (exact) mass is 399 g/mol. The predicted molar refractivity (Wildman–Crippen MR) is 110 cm³/mol. The highest BCUT2D eigenvalue weighted by Gasteiger charge is 2.24. The summed E-state index contributed by atoms with van der Waals surface area (Å²) < 4.78 is 13.8. The van der Waals surface area contributed by atoms with Crippen molar-refractivity contribution >= 4 is 28.4 Å². The Morgan fingerprint density at radius 3 is 2.86 bits per heavy atom. The molecule has 2 aliphatic rings. The molecule has 1 aromatic heterocycles. The van der Waals surface area contributed by atoms with Gasteiger partial charge in [-0.25, -0.2) is 9.18 Å². The van der Waals surface area contributed by atoms with E-state index in [0.717, 1.165) is 31.3 Å². The van der Waals surface area contributed by atoms with Crippen LogP contribution in [0.15, 0.2) is 24.4 Å². The minimum absolute atomic E-state index is 0.236. The van der Waals surface area contributed by atoms with E-state index in [1.165, 1.54) is 12.1 Å². The van der Waals surface area contributed by atoms with Crippen molar-refractivity contribution in [2.45, 2.75) is 38.1 Å². The third-order valence-electron chi connectivity index (χ3n) is 5.81. The molecule has 1 fully saturated rings. The average Bonchev–Trinajstić information content (AvgIpc) is 3.00.